The van der Waals surface area contributed by atoms with E-state index < -0.39 is 29.1 Å². The Kier molecular flexibility index (Phi) is 7.58. The molecule has 0 saturated heterocycles. The lowest BCUT2D eigenvalue weighted by Crippen LogP contribution is -2.63. The second kappa shape index (κ2) is 9.77. The van der Waals surface area contributed by atoms with E-state index in [1.54, 1.807) is 0 Å². The molecule has 0 amide bonds. The summed E-state index contributed by atoms with van der Waals surface area (Å²) in [6, 6.07) is 0.0195. The number of rotatable bonds is 5. The highest BCUT2D eigenvalue weighted by molar-refractivity contribution is 8.00. The highest BCUT2D eigenvalue weighted by Gasteiger charge is 2.68. The van der Waals surface area contributed by atoms with E-state index in [1.165, 1.54) is 11.8 Å². The fourth-order valence-corrected chi connectivity index (χ4v) is 9.27. The molecule has 0 radical (unpaired) electrons. The predicted octanol–water partition coefficient (Wildman–Crippen LogP) is 3.87. The van der Waals surface area contributed by atoms with Gasteiger partial charge in [-0.25, -0.2) is 0 Å². The number of carbonyl (C=O) groups is 2. The van der Waals surface area contributed by atoms with Crippen molar-refractivity contribution in [1.29, 1.82) is 0 Å². The molecule has 4 saturated carbocycles. The Morgan fingerprint density at radius 1 is 1.23 bits per heavy atom. The Bertz CT molecular complexity index is 851. The minimum absolute atomic E-state index is 0.0194. The van der Waals surface area contributed by atoms with Crippen molar-refractivity contribution in [1.82, 2.24) is 0 Å². The summed E-state index contributed by atoms with van der Waals surface area (Å²) in [6.07, 6.45) is 6.01. The standard InChI is InChI=1S/C28H45NO5S/c1-6-26(4)14-22(34-23(32)15-35-21-8-7-18(29)13-20(21)31)27(5)16(2)9-11-28(17(3)25(26)33)12-10-19(30)24(27)28/h6,16-18,20-22,24-25,31,33H,1,7-15,29H2,2-5H3/t16-,17+,18+,20-,21-,22-,24+,25+,26-,27+,28+/m1/s1. The van der Waals surface area contributed by atoms with E-state index in [9.17, 15) is 19.8 Å². The van der Waals surface area contributed by atoms with Crippen molar-refractivity contribution in [2.45, 2.75) is 109 Å². The lowest BCUT2D eigenvalue weighted by molar-refractivity contribution is -0.205. The lowest BCUT2D eigenvalue weighted by Gasteiger charge is -2.61. The molecule has 0 heterocycles. The van der Waals surface area contributed by atoms with Gasteiger partial charge >= 0.3 is 5.97 Å². The highest BCUT2D eigenvalue weighted by atomic mass is 32.2. The summed E-state index contributed by atoms with van der Waals surface area (Å²) in [5, 5.41) is 22.0. The Morgan fingerprint density at radius 2 is 1.94 bits per heavy atom. The molecule has 0 aromatic carbocycles. The van der Waals surface area contributed by atoms with Gasteiger partial charge in [-0.05, 0) is 62.2 Å². The van der Waals surface area contributed by atoms with Crippen molar-refractivity contribution in [3.8, 4) is 0 Å². The minimum atomic E-state index is -0.663. The SMILES string of the molecule is C=C[C@]1(C)C[C@@H](OC(=O)CS[C@@H]2CC[C@H](N)C[C@H]2O)[C@]2(C)[C@H](C)CC[C@]3(CCC(=O)[C@H]32)[C@@H](C)[C@@H]1O. The van der Waals surface area contributed by atoms with Gasteiger partial charge in [0.15, 0.2) is 0 Å². The smallest absolute Gasteiger partial charge is 0.316 e. The molecular formula is C28H45NO5S. The van der Waals surface area contributed by atoms with Crippen LogP contribution in [-0.2, 0) is 14.3 Å². The Labute approximate surface area is 214 Å². The summed E-state index contributed by atoms with van der Waals surface area (Å²) in [5.41, 5.74) is 4.57. The van der Waals surface area contributed by atoms with Gasteiger partial charge in [-0.15, -0.1) is 18.3 Å². The number of ether oxygens (including phenoxy) is 1. The second-order valence-electron chi connectivity index (χ2n) is 12.6. The van der Waals surface area contributed by atoms with E-state index in [0.717, 1.165) is 32.1 Å². The van der Waals surface area contributed by atoms with E-state index >= 15 is 0 Å². The number of hydrogen-bond acceptors (Lipinski definition) is 7. The van der Waals surface area contributed by atoms with Gasteiger partial charge in [0, 0.05) is 34.5 Å². The molecule has 0 unspecified atom stereocenters. The van der Waals surface area contributed by atoms with E-state index in [4.69, 9.17) is 10.5 Å². The van der Waals surface area contributed by atoms with Gasteiger partial charge < -0.3 is 20.7 Å². The Hall–Kier alpha value is -0.890. The maximum absolute atomic E-state index is 13.5. The summed E-state index contributed by atoms with van der Waals surface area (Å²) in [6.45, 7) is 12.5. The van der Waals surface area contributed by atoms with Crippen LogP contribution in [0.4, 0.5) is 0 Å². The molecule has 0 aliphatic heterocycles. The van der Waals surface area contributed by atoms with Crippen LogP contribution in [0.15, 0.2) is 12.7 Å². The van der Waals surface area contributed by atoms with E-state index in [2.05, 4.69) is 27.4 Å². The third-order valence-corrected chi connectivity index (χ3v) is 12.2. The number of ketones is 1. The first-order chi connectivity index (χ1) is 16.4. The maximum Gasteiger partial charge on any atom is 0.316 e. The topological polar surface area (TPSA) is 110 Å². The first kappa shape index (κ1) is 27.2. The van der Waals surface area contributed by atoms with Gasteiger partial charge in [-0.2, -0.15) is 0 Å². The van der Waals surface area contributed by atoms with Crippen LogP contribution in [-0.4, -0.2) is 57.3 Å². The maximum atomic E-state index is 13.5. The molecule has 4 rings (SSSR count). The first-order valence-electron chi connectivity index (χ1n) is 13.5. The molecule has 4 N–H and O–H groups in total. The summed E-state index contributed by atoms with van der Waals surface area (Å²) < 4.78 is 6.29. The van der Waals surface area contributed by atoms with Crippen molar-refractivity contribution in [3.63, 3.8) is 0 Å². The van der Waals surface area contributed by atoms with Gasteiger partial charge in [-0.3, -0.25) is 9.59 Å². The van der Waals surface area contributed by atoms with E-state index in [0.29, 0.717) is 19.3 Å². The zero-order chi connectivity index (χ0) is 25.8. The molecule has 0 aromatic heterocycles. The normalized spacial score (nSPS) is 50.1. The van der Waals surface area contributed by atoms with Crippen LogP contribution in [0, 0.1) is 34.0 Å². The molecule has 0 aromatic rings. The number of aliphatic hydroxyl groups excluding tert-OH is 2. The molecule has 6 nitrogen and oxygen atoms in total. The number of carbonyl (C=O) groups excluding carboxylic acids is 2. The number of Topliss-reactive ketones (excluding diaryl/α,β-unsaturated/α-hetero) is 1. The summed E-state index contributed by atoms with van der Waals surface area (Å²) in [5.74, 6) is 0.0613. The molecule has 7 heteroatoms. The molecule has 4 aliphatic rings. The van der Waals surface area contributed by atoms with Gasteiger partial charge in [-0.1, -0.05) is 33.8 Å². The second-order valence-corrected chi connectivity index (χ2v) is 13.8. The van der Waals surface area contributed by atoms with Crippen LogP contribution in [0.3, 0.4) is 0 Å². The first-order valence-corrected chi connectivity index (χ1v) is 14.5. The molecule has 4 aliphatic carbocycles. The number of esters is 1. The van der Waals surface area contributed by atoms with Gasteiger partial charge in [0.1, 0.15) is 11.9 Å². The molecule has 35 heavy (non-hydrogen) atoms. The number of hydrogen-bond donors (Lipinski definition) is 3. The van der Waals surface area contributed by atoms with Crippen molar-refractivity contribution >= 4 is 23.5 Å². The Morgan fingerprint density at radius 3 is 2.60 bits per heavy atom. The molecule has 11 atom stereocenters. The van der Waals surface area contributed by atoms with Crippen molar-refractivity contribution < 1.29 is 24.5 Å². The van der Waals surface area contributed by atoms with Crippen molar-refractivity contribution in [2.75, 3.05) is 5.75 Å². The third kappa shape index (κ3) is 4.42. The molecule has 198 valence electrons. The minimum Gasteiger partial charge on any atom is -0.461 e. The van der Waals surface area contributed by atoms with Crippen LogP contribution < -0.4 is 5.73 Å². The Balaban J connectivity index is 1.62. The number of nitrogens with two attached hydrogens (primary N) is 1. The quantitative estimate of drug-likeness (QED) is 0.383. The average molecular weight is 508 g/mol. The van der Waals surface area contributed by atoms with Gasteiger partial charge in [0.25, 0.3) is 0 Å². The lowest BCUT2D eigenvalue weighted by atomic mass is 9.44. The zero-order valence-corrected chi connectivity index (χ0v) is 22.7. The largest absolute Gasteiger partial charge is 0.461 e. The summed E-state index contributed by atoms with van der Waals surface area (Å²) >= 11 is 1.45. The zero-order valence-electron chi connectivity index (χ0n) is 21.9. The van der Waals surface area contributed by atoms with Crippen LogP contribution in [0.5, 0.6) is 0 Å². The molecule has 4 fully saturated rings. The van der Waals surface area contributed by atoms with E-state index in [1.807, 2.05) is 13.0 Å². The van der Waals surface area contributed by atoms with Crippen LogP contribution in [0.2, 0.25) is 0 Å². The third-order valence-electron chi connectivity index (χ3n) is 10.8. The fourth-order valence-electron chi connectivity index (χ4n) is 8.21. The van der Waals surface area contributed by atoms with Crippen molar-refractivity contribution in [3.05, 3.63) is 12.7 Å². The molecule has 0 spiro atoms. The van der Waals surface area contributed by atoms with Crippen LogP contribution >= 0.6 is 11.8 Å². The molecule has 2 bridgehead atoms. The predicted molar refractivity (Wildman–Crippen MR) is 139 cm³/mol. The highest BCUT2D eigenvalue weighted by Crippen LogP contribution is 2.68. The average Bonchev–Trinajstić information content (AvgIpc) is 3.17. The fraction of sp³-hybridized carbons (Fsp3) is 0.857. The van der Waals surface area contributed by atoms with Crippen molar-refractivity contribution in [2.24, 2.45) is 39.7 Å². The van der Waals surface area contributed by atoms with Gasteiger partial charge in [0.2, 0.25) is 0 Å². The van der Waals surface area contributed by atoms with Gasteiger partial charge in [0.05, 0.1) is 18.0 Å². The number of thioether (sulfide) groups is 1. The monoisotopic (exact) mass is 507 g/mol. The van der Waals surface area contributed by atoms with E-state index in [-0.39, 0.29) is 52.0 Å². The molecular weight excluding hydrogens is 462 g/mol. The van der Waals surface area contributed by atoms with Crippen LogP contribution in [0.1, 0.15) is 79.1 Å². The summed E-state index contributed by atoms with van der Waals surface area (Å²) in [4.78, 5) is 26.7. The summed E-state index contributed by atoms with van der Waals surface area (Å²) in [7, 11) is 0. The van der Waals surface area contributed by atoms with Crippen LogP contribution in [0.25, 0.3) is 0 Å². The number of aliphatic hydroxyl groups is 2.